The molecule has 0 aliphatic rings. The maximum absolute atomic E-state index is 12.8. The fourth-order valence-electron chi connectivity index (χ4n) is 3.06. The van der Waals surface area contributed by atoms with Crippen molar-refractivity contribution in [2.45, 2.75) is 12.6 Å². The molecule has 1 atom stereocenters. The van der Waals surface area contributed by atoms with Crippen molar-refractivity contribution in [2.24, 2.45) is 0 Å². The first-order chi connectivity index (χ1) is 14.9. The highest BCUT2D eigenvalue weighted by atomic mass is 79.9. The SMILES string of the molecule is O=c1c2cnn(-c3ccccc3[N+](=O)[O-])c2ncn1CC(O)COc1ccc(Br)cc1. The second kappa shape index (κ2) is 8.66. The lowest BCUT2D eigenvalue weighted by atomic mass is 10.2. The van der Waals surface area contributed by atoms with E-state index in [1.165, 1.54) is 33.9 Å². The van der Waals surface area contributed by atoms with E-state index >= 15 is 0 Å². The van der Waals surface area contributed by atoms with Gasteiger partial charge in [-0.3, -0.25) is 19.5 Å². The summed E-state index contributed by atoms with van der Waals surface area (Å²) in [7, 11) is 0. The van der Waals surface area contributed by atoms with Crippen LogP contribution >= 0.6 is 15.9 Å². The zero-order chi connectivity index (χ0) is 22.0. The van der Waals surface area contributed by atoms with Crippen molar-refractivity contribution in [1.82, 2.24) is 19.3 Å². The van der Waals surface area contributed by atoms with Gasteiger partial charge in [-0.25, -0.2) is 9.67 Å². The molecule has 0 aliphatic heterocycles. The van der Waals surface area contributed by atoms with Crippen LogP contribution in [0.5, 0.6) is 5.75 Å². The highest BCUT2D eigenvalue weighted by Gasteiger charge is 2.19. The van der Waals surface area contributed by atoms with Crippen molar-refractivity contribution >= 4 is 32.7 Å². The Morgan fingerprint density at radius 2 is 1.94 bits per heavy atom. The Morgan fingerprint density at radius 3 is 2.68 bits per heavy atom. The summed E-state index contributed by atoms with van der Waals surface area (Å²) in [6.45, 7) is -0.0451. The summed E-state index contributed by atoms with van der Waals surface area (Å²) in [6.07, 6.45) is 1.63. The Morgan fingerprint density at radius 1 is 1.19 bits per heavy atom. The van der Waals surface area contributed by atoms with Gasteiger partial charge in [-0.15, -0.1) is 0 Å². The number of aliphatic hydroxyl groups excluding tert-OH is 1. The number of halogens is 1. The van der Waals surface area contributed by atoms with Crippen LogP contribution < -0.4 is 10.3 Å². The Labute approximate surface area is 183 Å². The minimum atomic E-state index is -0.953. The molecule has 0 amide bonds. The zero-order valence-electron chi connectivity index (χ0n) is 16.0. The van der Waals surface area contributed by atoms with Gasteiger partial charge in [0.2, 0.25) is 0 Å². The minimum Gasteiger partial charge on any atom is -0.491 e. The van der Waals surface area contributed by atoms with Crippen molar-refractivity contribution in [3.8, 4) is 11.4 Å². The number of aliphatic hydroxyl groups is 1. The number of rotatable bonds is 7. The number of fused-ring (bicyclic) bond motifs is 1. The number of hydrogen-bond donors (Lipinski definition) is 1. The molecule has 4 rings (SSSR count). The van der Waals surface area contributed by atoms with Crippen LogP contribution in [0.1, 0.15) is 0 Å². The van der Waals surface area contributed by atoms with Crippen LogP contribution in [0.3, 0.4) is 0 Å². The lowest BCUT2D eigenvalue weighted by Crippen LogP contribution is -2.30. The smallest absolute Gasteiger partial charge is 0.294 e. The Hall–Kier alpha value is -3.57. The second-order valence-electron chi connectivity index (χ2n) is 6.66. The molecule has 2 aromatic carbocycles. The molecule has 0 spiro atoms. The number of hydrogen-bond acceptors (Lipinski definition) is 7. The fourth-order valence-corrected chi connectivity index (χ4v) is 3.32. The molecule has 0 saturated heterocycles. The van der Waals surface area contributed by atoms with Gasteiger partial charge in [-0.05, 0) is 30.3 Å². The third kappa shape index (κ3) is 4.32. The molecular formula is C20H16BrN5O5. The van der Waals surface area contributed by atoms with Gasteiger partial charge in [0, 0.05) is 10.5 Å². The van der Waals surface area contributed by atoms with E-state index in [2.05, 4.69) is 26.0 Å². The largest absolute Gasteiger partial charge is 0.491 e. The highest BCUT2D eigenvalue weighted by Crippen LogP contribution is 2.24. The molecule has 1 N–H and O–H groups in total. The summed E-state index contributed by atoms with van der Waals surface area (Å²) < 4.78 is 8.95. The summed E-state index contributed by atoms with van der Waals surface area (Å²) in [5.41, 5.74) is -0.178. The van der Waals surface area contributed by atoms with E-state index in [0.29, 0.717) is 5.75 Å². The Kier molecular flexibility index (Phi) is 5.78. The monoisotopic (exact) mass is 485 g/mol. The number of aromatic nitrogens is 4. The number of para-hydroxylation sites is 2. The molecule has 0 radical (unpaired) electrons. The summed E-state index contributed by atoms with van der Waals surface area (Å²) in [4.78, 5) is 27.9. The maximum Gasteiger partial charge on any atom is 0.294 e. The van der Waals surface area contributed by atoms with Crippen molar-refractivity contribution in [1.29, 1.82) is 0 Å². The molecule has 0 saturated carbocycles. The third-order valence-corrected chi connectivity index (χ3v) is 5.05. The molecule has 0 bridgehead atoms. The molecule has 158 valence electrons. The van der Waals surface area contributed by atoms with Crippen LogP contribution in [0.2, 0.25) is 0 Å². The Balaban J connectivity index is 1.56. The average molecular weight is 486 g/mol. The van der Waals surface area contributed by atoms with E-state index in [-0.39, 0.29) is 35.6 Å². The van der Waals surface area contributed by atoms with Gasteiger partial charge in [0.15, 0.2) is 5.65 Å². The maximum atomic E-state index is 12.8. The van der Waals surface area contributed by atoms with E-state index in [1.807, 2.05) is 12.1 Å². The van der Waals surface area contributed by atoms with Crippen molar-refractivity contribution in [3.05, 3.63) is 86.0 Å². The van der Waals surface area contributed by atoms with Gasteiger partial charge in [-0.2, -0.15) is 5.10 Å². The summed E-state index contributed by atoms with van der Waals surface area (Å²) in [5, 5.41) is 25.9. The standard InChI is InChI=1S/C20H16BrN5O5/c21-13-5-7-15(8-6-13)31-11-14(27)10-24-12-22-19-16(20(24)28)9-23-25(19)17-3-1-2-4-18(17)26(29)30/h1-9,12,14,27H,10-11H2. The second-order valence-corrected chi connectivity index (χ2v) is 7.58. The minimum absolute atomic E-state index is 0.0123. The summed E-state index contributed by atoms with van der Waals surface area (Å²) >= 11 is 3.33. The number of benzene rings is 2. The van der Waals surface area contributed by atoms with Gasteiger partial charge in [-0.1, -0.05) is 28.1 Å². The van der Waals surface area contributed by atoms with Crippen LogP contribution in [-0.4, -0.2) is 42.1 Å². The molecule has 10 nitrogen and oxygen atoms in total. The molecule has 2 heterocycles. The van der Waals surface area contributed by atoms with E-state index in [1.54, 1.807) is 24.3 Å². The van der Waals surface area contributed by atoms with Gasteiger partial charge in [0.05, 0.1) is 17.7 Å². The molecule has 4 aromatic rings. The number of nitro groups is 1. The first-order valence-corrected chi connectivity index (χ1v) is 9.96. The van der Waals surface area contributed by atoms with Gasteiger partial charge < -0.3 is 9.84 Å². The van der Waals surface area contributed by atoms with Crippen LogP contribution in [0.15, 0.2) is 70.3 Å². The Bertz CT molecular complexity index is 1300. The summed E-state index contributed by atoms with van der Waals surface area (Å²) in [5.74, 6) is 0.592. The molecule has 0 fully saturated rings. The quantitative estimate of drug-likeness (QED) is 0.315. The molecule has 0 aliphatic carbocycles. The predicted molar refractivity (Wildman–Crippen MR) is 115 cm³/mol. The zero-order valence-corrected chi connectivity index (χ0v) is 17.5. The van der Waals surface area contributed by atoms with Crippen LogP contribution in [0.4, 0.5) is 5.69 Å². The number of nitro benzene ring substituents is 1. The van der Waals surface area contributed by atoms with Crippen molar-refractivity contribution in [2.75, 3.05) is 6.61 Å². The van der Waals surface area contributed by atoms with E-state index in [4.69, 9.17) is 4.74 Å². The molecule has 11 heteroatoms. The summed E-state index contributed by atoms with van der Waals surface area (Å²) in [6, 6.07) is 13.2. The van der Waals surface area contributed by atoms with Crippen LogP contribution in [0, 0.1) is 10.1 Å². The normalized spacial score (nSPS) is 12.1. The van der Waals surface area contributed by atoms with Gasteiger partial charge in [0.25, 0.3) is 11.2 Å². The lowest BCUT2D eigenvalue weighted by Gasteiger charge is -2.14. The van der Waals surface area contributed by atoms with E-state index in [9.17, 15) is 20.0 Å². The lowest BCUT2D eigenvalue weighted by molar-refractivity contribution is -0.384. The first-order valence-electron chi connectivity index (χ1n) is 9.17. The molecule has 2 aromatic heterocycles. The van der Waals surface area contributed by atoms with Crippen LogP contribution in [0.25, 0.3) is 16.7 Å². The topological polar surface area (TPSA) is 125 Å². The molecule has 1 unspecified atom stereocenters. The molecule has 31 heavy (non-hydrogen) atoms. The van der Waals surface area contributed by atoms with Gasteiger partial charge >= 0.3 is 0 Å². The van der Waals surface area contributed by atoms with Crippen LogP contribution in [-0.2, 0) is 6.54 Å². The third-order valence-electron chi connectivity index (χ3n) is 4.52. The number of ether oxygens (including phenoxy) is 1. The van der Waals surface area contributed by atoms with Crippen molar-refractivity contribution in [3.63, 3.8) is 0 Å². The highest BCUT2D eigenvalue weighted by molar-refractivity contribution is 9.10. The average Bonchev–Trinajstić information content (AvgIpc) is 3.20. The molecular weight excluding hydrogens is 470 g/mol. The predicted octanol–water partition coefficient (Wildman–Crippen LogP) is 2.69. The number of nitrogens with zero attached hydrogens (tertiary/aromatic N) is 5. The van der Waals surface area contributed by atoms with Crippen molar-refractivity contribution < 1.29 is 14.8 Å². The van der Waals surface area contributed by atoms with Gasteiger partial charge in [0.1, 0.15) is 35.9 Å². The van der Waals surface area contributed by atoms with E-state index in [0.717, 1.165) is 4.47 Å². The fraction of sp³-hybridized carbons (Fsp3) is 0.150. The van der Waals surface area contributed by atoms with E-state index < -0.39 is 16.6 Å². The first kappa shape index (κ1) is 20.7.